The van der Waals surface area contributed by atoms with Crippen LogP contribution < -0.4 is 5.32 Å². The summed E-state index contributed by atoms with van der Waals surface area (Å²) >= 11 is 0. The van der Waals surface area contributed by atoms with Crippen LogP contribution in [0.3, 0.4) is 0 Å². The summed E-state index contributed by atoms with van der Waals surface area (Å²) in [6, 6.07) is 6.20. The maximum Gasteiger partial charge on any atom is 0.251 e. The first-order chi connectivity index (χ1) is 11.7. The summed E-state index contributed by atoms with van der Waals surface area (Å²) < 4.78 is 23.7. The quantitative estimate of drug-likeness (QED) is 0.841. The summed E-state index contributed by atoms with van der Waals surface area (Å²) in [4.78, 5) is 15.0. The van der Waals surface area contributed by atoms with E-state index in [9.17, 15) is 13.2 Å². The van der Waals surface area contributed by atoms with Crippen LogP contribution in [0.15, 0.2) is 29.2 Å². The van der Waals surface area contributed by atoms with Gasteiger partial charge in [-0.25, -0.2) is 8.42 Å². The Hall–Kier alpha value is -1.40. The van der Waals surface area contributed by atoms with Crippen LogP contribution in [-0.4, -0.2) is 51.2 Å². The van der Waals surface area contributed by atoms with E-state index < -0.39 is 9.84 Å². The zero-order valence-electron chi connectivity index (χ0n) is 15.7. The highest BCUT2D eigenvalue weighted by Crippen LogP contribution is 2.35. The summed E-state index contributed by atoms with van der Waals surface area (Å²) in [6.07, 6.45) is 4.59. The van der Waals surface area contributed by atoms with Gasteiger partial charge in [-0.3, -0.25) is 4.79 Å². The van der Waals surface area contributed by atoms with Gasteiger partial charge in [-0.05, 0) is 57.1 Å². The van der Waals surface area contributed by atoms with Gasteiger partial charge >= 0.3 is 0 Å². The largest absolute Gasteiger partial charge is 0.350 e. The molecule has 1 saturated carbocycles. The molecule has 2 rings (SSSR count). The molecule has 1 aromatic rings. The highest BCUT2D eigenvalue weighted by molar-refractivity contribution is 7.91. The minimum Gasteiger partial charge on any atom is -0.350 e. The number of likely N-dealkylation sites (N-methyl/N-ethyl adjacent to an activating group) is 1. The standard InChI is InChI=1S/C19H30N2O3S/c1-5-25(23,24)17-10-8-16(9-11-17)18(22)20-14-19(21(3)4)12-6-7-15(2)13-19/h8-11,15H,5-7,12-14H2,1-4H3,(H,20,22)/t15-,19+/m1/s1. The molecule has 6 heteroatoms. The van der Waals surface area contributed by atoms with Crippen molar-refractivity contribution < 1.29 is 13.2 Å². The molecule has 1 aliphatic rings. The van der Waals surface area contributed by atoms with Gasteiger partial charge in [0.2, 0.25) is 0 Å². The number of hydrogen-bond donors (Lipinski definition) is 1. The maximum absolute atomic E-state index is 12.5. The monoisotopic (exact) mass is 366 g/mol. The van der Waals surface area contributed by atoms with Gasteiger partial charge in [-0.2, -0.15) is 0 Å². The predicted molar refractivity (Wildman–Crippen MR) is 101 cm³/mol. The molecule has 0 aliphatic heterocycles. The summed E-state index contributed by atoms with van der Waals surface area (Å²) in [6.45, 7) is 4.49. The fraction of sp³-hybridized carbons (Fsp3) is 0.632. The van der Waals surface area contributed by atoms with E-state index in [4.69, 9.17) is 0 Å². The first kappa shape index (κ1) is 19.9. The molecule has 0 radical (unpaired) electrons. The Morgan fingerprint density at radius 3 is 2.44 bits per heavy atom. The topological polar surface area (TPSA) is 66.5 Å². The zero-order chi connectivity index (χ0) is 18.7. The third kappa shape index (κ3) is 4.61. The molecule has 0 aromatic heterocycles. The number of sulfone groups is 1. The molecular formula is C19H30N2O3S. The zero-order valence-corrected chi connectivity index (χ0v) is 16.5. The van der Waals surface area contributed by atoms with Gasteiger partial charge in [-0.15, -0.1) is 0 Å². The van der Waals surface area contributed by atoms with Crippen LogP contribution in [0.4, 0.5) is 0 Å². The van der Waals surface area contributed by atoms with Crippen LogP contribution >= 0.6 is 0 Å². The number of carbonyl (C=O) groups is 1. The maximum atomic E-state index is 12.5. The third-order valence-electron chi connectivity index (χ3n) is 5.45. The van der Waals surface area contributed by atoms with Gasteiger partial charge in [0.1, 0.15) is 0 Å². The minimum absolute atomic E-state index is 0.00117. The van der Waals surface area contributed by atoms with Gasteiger partial charge in [0.25, 0.3) is 5.91 Å². The molecule has 1 N–H and O–H groups in total. The first-order valence-electron chi connectivity index (χ1n) is 8.98. The smallest absolute Gasteiger partial charge is 0.251 e. The Bertz CT molecular complexity index is 698. The SMILES string of the molecule is CCS(=O)(=O)c1ccc(C(=O)NC[C@]2(N(C)C)CCC[C@@H](C)C2)cc1. The molecule has 5 nitrogen and oxygen atoms in total. The van der Waals surface area contributed by atoms with Crippen molar-refractivity contribution >= 4 is 15.7 Å². The van der Waals surface area contributed by atoms with Gasteiger partial charge in [0, 0.05) is 17.6 Å². The molecular weight excluding hydrogens is 336 g/mol. The lowest BCUT2D eigenvalue weighted by atomic mass is 9.75. The van der Waals surface area contributed by atoms with Crippen LogP contribution in [0.1, 0.15) is 49.9 Å². The molecule has 1 aromatic carbocycles. The van der Waals surface area contributed by atoms with E-state index in [0.717, 1.165) is 12.8 Å². The van der Waals surface area contributed by atoms with Crippen LogP contribution in [0.5, 0.6) is 0 Å². The normalized spacial score (nSPS) is 24.3. The molecule has 1 amide bonds. The molecule has 0 unspecified atom stereocenters. The van der Waals surface area contributed by atoms with Gasteiger partial charge in [-0.1, -0.05) is 26.7 Å². The second kappa shape index (κ2) is 7.87. The van der Waals surface area contributed by atoms with Crippen molar-refractivity contribution in [1.82, 2.24) is 10.2 Å². The second-order valence-corrected chi connectivity index (χ2v) is 9.71. The van der Waals surface area contributed by atoms with Crippen molar-refractivity contribution in [3.63, 3.8) is 0 Å². The molecule has 0 spiro atoms. The van der Waals surface area contributed by atoms with Gasteiger partial charge in [0.05, 0.1) is 10.6 Å². The van der Waals surface area contributed by atoms with Crippen LogP contribution in [0, 0.1) is 5.92 Å². The Labute approximate surface area is 151 Å². The Balaban J connectivity index is 2.06. The summed E-state index contributed by atoms with van der Waals surface area (Å²) in [5.41, 5.74) is 0.492. The Morgan fingerprint density at radius 1 is 1.28 bits per heavy atom. The number of nitrogens with one attached hydrogen (secondary N) is 1. The number of rotatable bonds is 6. The molecule has 1 aliphatic carbocycles. The fourth-order valence-corrected chi connectivity index (χ4v) is 4.57. The van der Waals surface area contributed by atoms with E-state index in [1.54, 1.807) is 19.1 Å². The molecule has 0 saturated heterocycles. The molecule has 0 heterocycles. The summed E-state index contributed by atoms with van der Waals surface area (Å²) in [7, 11) is 0.920. The van der Waals surface area contributed by atoms with E-state index in [1.807, 2.05) is 0 Å². The van der Waals surface area contributed by atoms with Crippen LogP contribution in [0.2, 0.25) is 0 Å². The van der Waals surface area contributed by atoms with Gasteiger partial charge < -0.3 is 10.2 Å². The van der Waals surface area contributed by atoms with E-state index in [1.165, 1.54) is 25.0 Å². The van der Waals surface area contributed by atoms with Crippen molar-refractivity contribution in [3.8, 4) is 0 Å². The number of carbonyl (C=O) groups excluding carboxylic acids is 1. The fourth-order valence-electron chi connectivity index (χ4n) is 3.68. The molecule has 25 heavy (non-hydrogen) atoms. The van der Waals surface area contributed by atoms with Crippen molar-refractivity contribution in [1.29, 1.82) is 0 Å². The number of benzene rings is 1. The molecule has 140 valence electrons. The molecule has 0 bridgehead atoms. The van der Waals surface area contributed by atoms with Crippen LogP contribution in [0.25, 0.3) is 0 Å². The van der Waals surface area contributed by atoms with Crippen molar-refractivity contribution in [2.75, 3.05) is 26.4 Å². The van der Waals surface area contributed by atoms with Crippen molar-refractivity contribution in [2.24, 2.45) is 5.92 Å². The number of hydrogen-bond acceptors (Lipinski definition) is 4. The Kier molecular flexibility index (Phi) is 6.27. The van der Waals surface area contributed by atoms with Crippen LogP contribution in [-0.2, 0) is 9.84 Å². The predicted octanol–water partition coefficient (Wildman–Crippen LogP) is 2.72. The number of amides is 1. The van der Waals surface area contributed by atoms with Crippen molar-refractivity contribution in [3.05, 3.63) is 29.8 Å². The third-order valence-corrected chi connectivity index (χ3v) is 7.20. The molecule has 1 fully saturated rings. The lowest BCUT2D eigenvalue weighted by molar-refractivity contribution is 0.0675. The highest BCUT2D eigenvalue weighted by Gasteiger charge is 2.37. The molecule has 2 atom stereocenters. The van der Waals surface area contributed by atoms with E-state index in [2.05, 4.69) is 31.2 Å². The summed E-state index contributed by atoms with van der Waals surface area (Å²) in [5.74, 6) is 0.564. The summed E-state index contributed by atoms with van der Waals surface area (Å²) in [5, 5.41) is 3.05. The van der Waals surface area contributed by atoms with E-state index >= 15 is 0 Å². The Morgan fingerprint density at radius 2 is 1.92 bits per heavy atom. The highest BCUT2D eigenvalue weighted by atomic mass is 32.2. The average molecular weight is 367 g/mol. The lowest BCUT2D eigenvalue weighted by Gasteiger charge is -2.45. The van der Waals surface area contributed by atoms with E-state index in [-0.39, 0.29) is 22.1 Å². The van der Waals surface area contributed by atoms with E-state index in [0.29, 0.717) is 18.0 Å². The van der Waals surface area contributed by atoms with Crippen molar-refractivity contribution in [2.45, 2.75) is 50.0 Å². The minimum atomic E-state index is -3.24. The lowest BCUT2D eigenvalue weighted by Crippen LogP contribution is -2.55. The van der Waals surface area contributed by atoms with Gasteiger partial charge in [0.15, 0.2) is 9.84 Å². The number of nitrogens with zero attached hydrogens (tertiary/aromatic N) is 1. The average Bonchev–Trinajstić information content (AvgIpc) is 2.59. The second-order valence-electron chi connectivity index (χ2n) is 7.43. The first-order valence-corrected chi connectivity index (χ1v) is 10.6.